The standard InChI is InChI=1S/C23H28N6O2.HI/c1-17-15-18(2)29(26-17)20-8-5-4-7-19(20)16-25-23(24-3)28-12-10-27(11-13-28)22(30)21-9-6-14-31-21;/h4-9,14-15H,10-13,16H2,1-3H3,(H,24,25);1H. The third-order valence-electron chi connectivity index (χ3n) is 5.48. The molecule has 0 unspecified atom stereocenters. The summed E-state index contributed by atoms with van der Waals surface area (Å²) in [7, 11) is 1.79. The first-order valence-electron chi connectivity index (χ1n) is 10.5. The van der Waals surface area contributed by atoms with Gasteiger partial charge in [0.2, 0.25) is 0 Å². The van der Waals surface area contributed by atoms with Crippen molar-refractivity contribution < 1.29 is 9.21 Å². The lowest BCUT2D eigenvalue weighted by molar-refractivity contribution is 0.0657. The molecule has 8 nitrogen and oxygen atoms in total. The number of furan rings is 1. The fourth-order valence-corrected chi connectivity index (χ4v) is 3.92. The first kappa shape index (κ1) is 23.8. The number of aryl methyl sites for hydroxylation is 2. The highest BCUT2D eigenvalue weighted by atomic mass is 127. The predicted molar refractivity (Wildman–Crippen MR) is 135 cm³/mol. The molecule has 0 radical (unpaired) electrons. The fourth-order valence-electron chi connectivity index (χ4n) is 3.92. The minimum atomic E-state index is -0.0635. The molecule has 0 saturated carbocycles. The molecule has 1 fully saturated rings. The van der Waals surface area contributed by atoms with Crippen LogP contribution in [0.3, 0.4) is 0 Å². The van der Waals surface area contributed by atoms with Gasteiger partial charge in [-0.25, -0.2) is 4.68 Å². The van der Waals surface area contributed by atoms with E-state index in [2.05, 4.69) is 45.4 Å². The lowest BCUT2D eigenvalue weighted by atomic mass is 10.1. The number of benzene rings is 1. The number of amides is 1. The van der Waals surface area contributed by atoms with E-state index in [0.717, 1.165) is 28.6 Å². The molecule has 4 rings (SSSR count). The van der Waals surface area contributed by atoms with Crippen molar-refractivity contribution in [2.45, 2.75) is 20.4 Å². The van der Waals surface area contributed by atoms with Crippen molar-refractivity contribution in [2.24, 2.45) is 4.99 Å². The van der Waals surface area contributed by atoms with E-state index in [0.29, 0.717) is 38.5 Å². The number of para-hydroxylation sites is 1. The van der Waals surface area contributed by atoms with Crippen LogP contribution in [0.25, 0.3) is 5.69 Å². The number of nitrogens with zero attached hydrogens (tertiary/aromatic N) is 5. The average Bonchev–Trinajstić information content (AvgIpc) is 3.44. The van der Waals surface area contributed by atoms with Gasteiger partial charge in [-0.3, -0.25) is 9.79 Å². The summed E-state index contributed by atoms with van der Waals surface area (Å²) in [5, 5.41) is 8.10. The number of nitrogens with one attached hydrogen (secondary N) is 1. The second-order valence-corrected chi connectivity index (χ2v) is 7.62. The van der Waals surface area contributed by atoms with Crippen LogP contribution in [0.2, 0.25) is 0 Å². The third-order valence-corrected chi connectivity index (χ3v) is 5.48. The highest BCUT2D eigenvalue weighted by molar-refractivity contribution is 14.0. The molecule has 1 aromatic carbocycles. The number of aliphatic imine (C=N–C) groups is 1. The maximum atomic E-state index is 12.5. The first-order valence-corrected chi connectivity index (χ1v) is 10.5. The van der Waals surface area contributed by atoms with Gasteiger partial charge in [0.05, 0.1) is 17.6 Å². The molecule has 170 valence electrons. The highest BCUT2D eigenvalue weighted by Crippen LogP contribution is 2.17. The molecular formula is C23H29IN6O2. The van der Waals surface area contributed by atoms with Gasteiger partial charge in [-0.2, -0.15) is 5.10 Å². The van der Waals surface area contributed by atoms with Crippen molar-refractivity contribution in [2.75, 3.05) is 33.2 Å². The Morgan fingerprint density at radius 3 is 2.44 bits per heavy atom. The molecule has 0 atom stereocenters. The van der Waals surface area contributed by atoms with Gasteiger partial charge in [0.15, 0.2) is 11.7 Å². The Hall–Kier alpha value is -2.82. The molecule has 3 heterocycles. The van der Waals surface area contributed by atoms with Gasteiger partial charge >= 0.3 is 0 Å². The summed E-state index contributed by atoms with van der Waals surface area (Å²) < 4.78 is 7.22. The summed E-state index contributed by atoms with van der Waals surface area (Å²) >= 11 is 0. The van der Waals surface area contributed by atoms with Crippen LogP contribution in [-0.4, -0.2) is 64.7 Å². The molecule has 0 aliphatic carbocycles. The van der Waals surface area contributed by atoms with Crippen molar-refractivity contribution >= 4 is 35.8 Å². The van der Waals surface area contributed by atoms with E-state index in [1.165, 1.54) is 6.26 Å². The Bertz CT molecular complexity index is 1070. The molecule has 1 saturated heterocycles. The second kappa shape index (κ2) is 10.7. The summed E-state index contributed by atoms with van der Waals surface area (Å²) in [5.41, 5.74) is 4.30. The number of guanidine groups is 1. The molecular weight excluding hydrogens is 519 g/mol. The Labute approximate surface area is 205 Å². The molecule has 1 amide bonds. The second-order valence-electron chi connectivity index (χ2n) is 7.62. The molecule has 9 heteroatoms. The van der Waals surface area contributed by atoms with Gasteiger partial charge in [-0.05, 0) is 43.7 Å². The lowest BCUT2D eigenvalue weighted by Crippen LogP contribution is -2.53. The van der Waals surface area contributed by atoms with E-state index in [1.54, 1.807) is 19.2 Å². The summed E-state index contributed by atoms with van der Waals surface area (Å²) in [6, 6.07) is 13.8. The smallest absolute Gasteiger partial charge is 0.289 e. The molecule has 1 N–H and O–H groups in total. The van der Waals surface area contributed by atoms with Crippen LogP contribution in [-0.2, 0) is 6.54 Å². The zero-order valence-corrected chi connectivity index (χ0v) is 20.9. The van der Waals surface area contributed by atoms with Gasteiger partial charge in [0.25, 0.3) is 5.91 Å². The lowest BCUT2D eigenvalue weighted by Gasteiger charge is -2.36. The van der Waals surface area contributed by atoms with Crippen molar-refractivity contribution in [3.8, 4) is 5.69 Å². The number of hydrogen-bond donors (Lipinski definition) is 1. The van der Waals surface area contributed by atoms with Crippen molar-refractivity contribution in [3.05, 3.63) is 71.4 Å². The van der Waals surface area contributed by atoms with Crippen LogP contribution in [0.5, 0.6) is 0 Å². The molecule has 2 aromatic heterocycles. The molecule has 0 spiro atoms. The van der Waals surface area contributed by atoms with Gasteiger partial charge in [-0.1, -0.05) is 18.2 Å². The first-order chi connectivity index (χ1) is 15.1. The van der Waals surface area contributed by atoms with Crippen LogP contribution >= 0.6 is 24.0 Å². The maximum Gasteiger partial charge on any atom is 0.289 e. The average molecular weight is 548 g/mol. The van der Waals surface area contributed by atoms with E-state index in [1.807, 2.05) is 28.6 Å². The van der Waals surface area contributed by atoms with Crippen molar-refractivity contribution in [1.29, 1.82) is 0 Å². The van der Waals surface area contributed by atoms with E-state index in [4.69, 9.17) is 4.42 Å². The number of piperazine rings is 1. The summed E-state index contributed by atoms with van der Waals surface area (Å²) in [4.78, 5) is 20.9. The zero-order chi connectivity index (χ0) is 21.8. The van der Waals surface area contributed by atoms with Gasteiger partial charge in [0, 0.05) is 45.5 Å². The van der Waals surface area contributed by atoms with Gasteiger partial charge in [0.1, 0.15) is 0 Å². The zero-order valence-electron chi connectivity index (χ0n) is 18.6. The minimum absolute atomic E-state index is 0. The van der Waals surface area contributed by atoms with Crippen LogP contribution < -0.4 is 5.32 Å². The van der Waals surface area contributed by atoms with Crippen LogP contribution in [0, 0.1) is 13.8 Å². The number of carbonyl (C=O) groups excluding carboxylic acids is 1. The largest absolute Gasteiger partial charge is 0.459 e. The van der Waals surface area contributed by atoms with Crippen LogP contribution in [0.1, 0.15) is 27.5 Å². The van der Waals surface area contributed by atoms with Gasteiger partial charge in [-0.15, -0.1) is 24.0 Å². The van der Waals surface area contributed by atoms with E-state index >= 15 is 0 Å². The highest BCUT2D eigenvalue weighted by Gasteiger charge is 2.25. The number of hydrogen-bond acceptors (Lipinski definition) is 4. The Balaban J connectivity index is 0.00000289. The topological polar surface area (TPSA) is 78.9 Å². The Kier molecular flexibility index (Phi) is 7.94. The quantitative estimate of drug-likeness (QED) is 0.308. The Morgan fingerprint density at radius 2 is 1.81 bits per heavy atom. The van der Waals surface area contributed by atoms with E-state index < -0.39 is 0 Å². The molecule has 32 heavy (non-hydrogen) atoms. The molecule has 3 aromatic rings. The third kappa shape index (κ3) is 5.14. The SMILES string of the molecule is CN=C(NCc1ccccc1-n1nc(C)cc1C)N1CCN(C(=O)c2ccco2)CC1.I. The van der Waals surface area contributed by atoms with E-state index in [-0.39, 0.29) is 29.9 Å². The molecule has 1 aliphatic rings. The van der Waals surface area contributed by atoms with Crippen molar-refractivity contribution in [1.82, 2.24) is 24.9 Å². The summed E-state index contributed by atoms with van der Waals surface area (Å²) in [6.45, 7) is 7.38. The van der Waals surface area contributed by atoms with Crippen LogP contribution in [0.4, 0.5) is 0 Å². The fraction of sp³-hybridized carbons (Fsp3) is 0.348. The summed E-state index contributed by atoms with van der Waals surface area (Å²) in [6.07, 6.45) is 1.53. The normalized spacial score (nSPS) is 14.3. The number of aromatic nitrogens is 2. The predicted octanol–water partition coefficient (Wildman–Crippen LogP) is 3.23. The Morgan fingerprint density at radius 1 is 1.09 bits per heavy atom. The summed E-state index contributed by atoms with van der Waals surface area (Å²) in [5.74, 6) is 1.15. The molecule has 1 aliphatic heterocycles. The van der Waals surface area contributed by atoms with E-state index in [9.17, 15) is 4.79 Å². The monoisotopic (exact) mass is 548 g/mol. The number of carbonyl (C=O) groups is 1. The number of halogens is 1. The number of rotatable bonds is 4. The van der Waals surface area contributed by atoms with Crippen LogP contribution in [0.15, 0.2) is 58.1 Å². The maximum absolute atomic E-state index is 12.5. The van der Waals surface area contributed by atoms with Crippen molar-refractivity contribution in [3.63, 3.8) is 0 Å². The van der Waals surface area contributed by atoms with Gasteiger partial charge < -0.3 is 19.5 Å². The minimum Gasteiger partial charge on any atom is -0.459 e. The molecule has 0 bridgehead atoms.